The highest BCUT2D eigenvalue weighted by atomic mass is 79.9. The average molecular weight is 313 g/mol. The van der Waals surface area contributed by atoms with Gasteiger partial charge in [-0.15, -0.1) is 0 Å². The van der Waals surface area contributed by atoms with Crippen molar-refractivity contribution >= 4 is 27.6 Å². The zero-order valence-corrected chi connectivity index (χ0v) is 11.5. The minimum Gasteiger partial charge on any atom is -0.444 e. The number of nitrogens with two attached hydrogens (primary N) is 1. The van der Waals surface area contributed by atoms with E-state index in [0.717, 1.165) is 5.76 Å². The van der Waals surface area contributed by atoms with Crippen LogP contribution in [0.2, 0.25) is 0 Å². The molecule has 8 heteroatoms. The summed E-state index contributed by atoms with van der Waals surface area (Å²) < 4.78 is 6.10. The van der Waals surface area contributed by atoms with Crippen LogP contribution in [0.25, 0.3) is 0 Å². The van der Waals surface area contributed by atoms with Gasteiger partial charge in [0.15, 0.2) is 5.82 Å². The molecule has 1 unspecified atom stereocenters. The van der Waals surface area contributed by atoms with Gasteiger partial charge in [-0.25, -0.2) is 20.8 Å². The molecular weight excluding hydrogens is 300 g/mol. The molecule has 2 aromatic rings. The summed E-state index contributed by atoms with van der Waals surface area (Å²) in [5.74, 6) is 7.82. The summed E-state index contributed by atoms with van der Waals surface area (Å²) in [5.41, 5.74) is 2.48. The summed E-state index contributed by atoms with van der Waals surface area (Å²) in [7, 11) is 0. The highest BCUT2D eigenvalue weighted by Gasteiger charge is 2.15. The van der Waals surface area contributed by atoms with Crippen LogP contribution in [0, 0.1) is 6.92 Å². The smallest absolute Gasteiger partial charge is 0.216 e. The zero-order chi connectivity index (χ0) is 13.1. The van der Waals surface area contributed by atoms with E-state index in [0.29, 0.717) is 22.0 Å². The zero-order valence-electron chi connectivity index (χ0n) is 9.94. The Labute approximate surface area is 112 Å². The van der Waals surface area contributed by atoms with Gasteiger partial charge in [0.2, 0.25) is 5.89 Å². The van der Waals surface area contributed by atoms with Crippen LogP contribution in [0.1, 0.15) is 24.6 Å². The fourth-order valence-electron chi connectivity index (χ4n) is 1.41. The monoisotopic (exact) mass is 312 g/mol. The van der Waals surface area contributed by atoms with Gasteiger partial charge in [0.25, 0.3) is 0 Å². The van der Waals surface area contributed by atoms with Crippen LogP contribution < -0.4 is 16.6 Å². The Morgan fingerprint density at radius 1 is 1.33 bits per heavy atom. The van der Waals surface area contributed by atoms with E-state index in [4.69, 9.17) is 10.3 Å². The molecule has 0 radical (unpaired) electrons. The molecule has 0 aliphatic heterocycles. The van der Waals surface area contributed by atoms with Crippen LogP contribution in [-0.2, 0) is 0 Å². The second-order valence-electron chi connectivity index (χ2n) is 3.70. The molecule has 18 heavy (non-hydrogen) atoms. The van der Waals surface area contributed by atoms with Gasteiger partial charge in [0.1, 0.15) is 28.4 Å². The molecule has 0 amide bonds. The number of aryl methyl sites for hydroxylation is 1. The Balaban J connectivity index is 2.19. The highest BCUT2D eigenvalue weighted by molar-refractivity contribution is 9.10. The third-order valence-electron chi connectivity index (χ3n) is 2.29. The molecule has 4 N–H and O–H groups in total. The maximum absolute atomic E-state index is 5.44. The van der Waals surface area contributed by atoms with Gasteiger partial charge in [-0.3, -0.25) is 0 Å². The first-order valence-electron chi connectivity index (χ1n) is 5.27. The maximum Gasteiger partial charge on any atom is 0.216 e. The number of hydrogen-bond donors (Lipinski definition) is 3. The van der Waals surface area contributed by atoms with Crippen molar-refractivity contribution in [2.75, 3.05) is 10.7 Å². The molecule has 0 fully saturated rings. The summed E-state index contributed by atoms with van der Waals surface area (Å²) in [6, 6.07) is -0.115. The standard InChI is InChI=1S/C10H13BrN6O/c1-5-3-13-10(18-5)6(2)16-8-7(11)9(17-12)15-4-14-8/h3-4,6H,12H2,1-2H3,(H2,14,15,16,17). The molecule has 0 bridgehead atoms. The minimum absolute atomic E-state index is 0.115. The third kappa shape index (κ3) is 2.59. The second-order valence-corrected chi connectivity index (χ2v) is 4.50. The summed E-state index contributed by atoms with van der Waals surface area (Å²) >= 11 is 3.37. The van der Waals surface area contributed by atoms with E-state index in [9.17, 15) is 0 Å². The van der Waals surface area contributed by atoms with Crippen LogP contribution in [0.15, 0.2) is 21.4 Å². The van der Waals surface area contributed by atoms with Gasteiger partial charge >= 0.3 is 0 Å². The van der Waals surface area contributed by atoms with E-state index in [2.05, 4.69) is 41.6 Å². The number of nitrogens with one attached hydrogen (secondary N) is 2. The van der Waals surface area contributed by atoms with Crippen molar-refractivity contribution < 1.29 is 4.42 Å². The molecule has 0 aromatic carbocycles. The molecule has 96 valence electrons. The normalized spacial score (nSPS) is 12.2. The first-order valence-corrected chi connectivity index (χ1v) is 6.07. The number of aromatic nitrogens is 3. The SMILES string of the molecule is Cc1cnc(C(C)Nc2ncnc(NN)c2Br)o1. The largest absolute Gasteiger partial charge is 0.444 e. The third-order valence-corrected chi connectivity index (χ3v) is 3.04. The lowest BCUT2D eigenvalue weighted by atomic mass is 10.3. The van der Waals surface area contributed by atoms with Crippen molar-refractivity contribution in [2.24, 2.45) is 5.84 Å². The number of oxazole rings is 1. The Bertz CT molecular complexity index is 543. The number of hydrazine groups is 1. The Hall–Kier alpha value is -1.67. The summed E-state index contributed by atoms with van der Waals surface area (Å²) in [5, 5.41) is 3.16. The Morgan fingerprint density at radius 2 is 2.06 bits per heavy atom. The van der Waals surface area contributed by atoms with Gasteiger partial charge in [-0.2, -0.15) is 0 Å². The lowest BCUT2D eigenvalue weighted by molar-refractivity contribution is 0.453. The van der Waals surface area contributed by atoms with Crippen molar-refractivity contribution in [1.29, 1.82) is 0 Å². The molecular formula is C10H13BrN6O. The van der Waals surface area contributed by atoms with Gasteiger partial charge in [0, 0.05) is 0 Å². The van der Waals surface area contributed by atoms with Crippen molar-refractivity contribution in [2.45, 2.75) is 19.9 Å². The van der Waals surface area contributed by atoms with E-state index >= 15 is 0 Å². The lowest BCUT2D eigenvalue weighted by Crippen LogP contribution is -2.13. The Morgan fingerprint density at radius 3 is 2.67 bits per heavy atom. The van der Waals surface area contributed by atoms with Gasteiger partial charge in [-0.05, 0) is 29.8 Å². The molecule has 0 saturated carbocycles. The van der Waals surface area contributed by atoms with E-state index in [1.54, 1.807) is 6.20 Å². The summed E-state index contributed by atoms with van der Waals surface area (Å²) in [6.07, 6.45) is 3.09. The predicted octanol–water partition coefficient (Wildman–Crippen LogP) is 1.99. The molecule has 0 aliphatic rings. The van der Waals surface area contributed by atoms with Crippen molar-refractivity contribution in [1.82, 2.24) is 15.0 Å². The topological polar surface area (TPSA) is 102 Å². The predicted molar refractivity (Wildman–Crippen MR) is 70.8 cm³/mol. The number of rotatable bonds is 4. The average Bonchev–Trinajstić information content (AvgIpc) is 2.78. The van der Waals surface area contributed by atoms with Crippen LogP contribution in [0.3, 0.4) is 0 Å². The summed E-state index contributed by atoms with van der Waals surface area (Å²) in [4.78, 5) is 12.2. The molecule has 0 saturated heterocycles. The quantitative estimate of drug-likeness (QED) is 0.586. The highest BCUT2D eigenvalue weighted by Crippen LogP contribution is 2.28. The maximum atomic E-state index is 5.44. The second kappa shape index (κ2) is 5.32. The first-order chi connectivity index (χ1) is 8.61. The molecule has 0 spiro atoms. The van der Waals surface area contributed by atoms with Crippen LogP contribution in [0.5, 0.6) is 0 Å². The van der Waals surface area contributed by atoms with E-state index < -0.39 is 0 Å². The van der Waals surface area contributed by atoms with Crippen LogP contribution in [0.4, 0.5) is 11.6 Å². The molecule has 2 aromatic heterocycles. The Kier molecular flexibility index (Phi) is 3.78. The lowest BCUT2D eigenvalue weighted by Gasteiger charge is -2.13. The number of nitrogen functional groups attached to an aromatic ring is 1. The molecule has 1 atom stereocenters. The van der Waals surface area contributed by atoms with E-state index in [1.807, 2.05) is 13.8 Å². The van der Waals surface area contributed by atoms with Crippen molar-refractivity contribution in [3.8, 4) is 0 Å². The number of hydrogen-bond acceptors (Lipinski definition) is 7. The van der Waals surface area contributed by atoms with Crippen molar-refractivity contribution in [3.63, 3.8) is 0 Å². The van der Waals surface area contributed by atoms with Crippen molar-refractivity contribution in [3.05, 3.63) is 28.6 Å². The minimum atomic E-state index is -0.115. The van der Waals surface area contributed by atoms with Gasteiger partial charge < -0.3 is 15.2 Å². The molecule has 2 rings (SSSR count). The fourth-order valence-corrected chi connectivity index (χ4v) is 1.84. The van der Waals surface area contributed by atoms with Gasteiger partial charge in [0.05, 0.1) is 6.20 Å². The molecule has 2 heterocycles. The molecule has 0 aliphatic carbocycles. The first kappa shape index (κ1) is 12.8. The van der Waals surface area contributed by atoms with Gasteiger partial charge in [-0.1, -0.05) is 0 Å². The fraction of sp³-hybridized carbons (Fsp3) is 0.300. The summed E-state index contributed by atoms with van der Waals surface area (Å²) in [6.45, 7) is 3.77. The number of anilines is 2. The van der Waals surface area contributed by atoms with E-state index in [1.165, 1.54) is 6.33 Å². The number of nitrogens with zero attached hydrogens (tertiary/aromatic N) is 3. The number of halogens is 1. The van der Waals surface area contributed by atoms with E-state index in [-0.39, 0.29) is 6.04 Å². The van der Waals surface area contributed by atoms with Crippen LogP contribution >= 0.6 is 15.9 Å². The molecule has 7 nitrogen and oxygen atoms in total. The van der Waals surface area contributed by atoms with Crippen LogP contribution in [-0.4, -0.2) is 15.0 Å².